The molecule has 2 aliphatic heterocycles. The molecule has 0 bridgehead atoms. The predicted molar refractivity (Wildman–Crippen MR) is 88.7 cm³/mol. The van der Waals surface area contributed by atoms with Gasteiger partial charge in [-0.15, -0.1) is 0 Å². The summed E-state index contributed by atoms with van der Waals surface area (Å²) in [5.74, 6) is 0.835. The molecular weight excluding hydrogens is 294 g/mol. The Bertz CT molecular complexity index is 395. The normalized spacial score (nSPS) is 23.4. The fourth-order valence-corrected chi connectivity index (χ4v) is 3.63. The van der Waals surface area contributed by atoms with Crippen molar-refractivity contribution in [2.45, 2.75) is 52.4 Å². The second-order valence-corrected chi connectivity index (χ2v) is 6.51. The molecule has 23 heavy (non-hydrogen) atoms. The zero-order valence-electron chi connectivity index (χ0n) is 14.6. The second kappa shape index (κ2) is 9.11. The molecule has 6 nitrogen and oxygen atoms in total. The number of carbonyl (C=O) groups excluding carboxylic acids is 2. The molecule has 1 unspecified atom stereocenters. The predicted octanol–water partition coefficient (Wildman–Crippen LogP) is 2.40. The minimum atomic E-state index is -0.241. The summed E-state index contributed by atoms with van der Waals surface area (Å²) in [6.45, 7) is 7.56. The minimum absolute atomic E-state index is 0.164. The van der Waals surface area contributed by atoms with Crippen LogP contribution in [0.15, 0.2) is 0 Å². The van der Waals surface area contributed by atoms with Gasteiger partial charge < -0.3 is 10.1 Å². The molecule has 0 radical (unpaired) electrons. The van der Waals surface area contributed by atoms with E-state index in [-0.39, 0.29) is 17.9 Å². The lowest BCUT2D eigenvalue weighted by Gasteiger charge is -2.41. The van der Waals surface area contributed by atoms with Crippen LogP contribution in [0.5, 0.6) is 0 Å². The van der Waals surface area contributed by atoms with Gasteiger partial charge in [-0.3, -0.25) is 4.79 Å². The van der Waals surface area contributed by atoms with Gasteiger partial charge in [0.1, 0.15) is 0 Å². The van der Waals surface area contributed by atoms with E-state index in [0.717, 1.165) is 58.2 Å². The summed E-state index contributed by atoms with van der Waals surface area (Å²) >= 11 is 0. The standard InChI is InChI=1S/C17H31N3O3/c1-3-5-11-20(17(22)23-4-2)19-12-8-14(9-13-19)15-7-6-10-18-16(15)21/h14-15H,3-13H2,1-2H3,(H,18,21). The van der Waals surface area contributed by atoms with Crippen molar-refractivity contribution in [2.75, 3.05) is 32.8 Å². The lowest BCUT2D eigenvalue weighted by Crippen LogP contribution is -2.52. The summed E-state index contributed by atoms with van der Waals surface area (Å²) in [5, 5.41) is 6.87. The molecule has 2 fully saturated rings. The first-order valence-electron chi connectivity index (χ1n) is 9.14. The maximum absolute atomic E-state index is 12.2. The molecule has 2 amide bonds. The van der Waals surface area contributed by atoms with Crippen molar-refractivity contribution in [1.82, 2.24) is 15.3 Å². The summed E-state index contributed by atoms with van der Waals surface area (Å²) in [4.78, 5) is 24.2. The Balaban J connectivity index is 1.89. The molecule has 0 saturated carbocycles. The molecule has 0 aromatic rings. The van der Waals surface area contributed by atoms with Crippen LogP contribution in [0, 0.1) is 11.8 Å². The number of nitrogens with one attached hydrogen (secondary N) is 1. The average molecular weight is 325 g/mol. The molecule has 0 spiro atoms. The number of rotatable bonds is 6. The van der Waals surface area contributed by atoms with Crippen LogP contribution in [0.2, 0.25) is 0 Å². The van der Waals surface area contributed by atoms with Gasteiger partial charge in [0.2, 0.25) is 5.91 Å². The summed E-state index contributed by atoms with van der Waals surface area (Å²) in [6, 6.07) is 0. The van der Waals surface area contributed by atoms with E-state index < -0.39 is 0 Å². The van der Waals surface area contributed by atoms with Gasteiger partial charge in [-0.05, 0) is 44.9 Å². The molecule has 132 valence electrons. The van der Waals surface area contributed by atoms with E-state index in [9.17, 15) is 9.59 Å². The Morgan fingerprint density at radius 3 is 2.65 bits per heavy atom. The van der Waals surface area contributed by atoms with Gasteiger partial charge in [0.15, 0.2) is 0 Å². The van der Waals surface area contributed by atoms with Gasteiger partial charge in [-0.2, -0.15) is 0 Å². The van der Waals surface area contributed by atoms with Crippen LogP contribution in [0.3, 0.4) is 0 Å². The van der Waals surface area contributed by atoms with E-state index in [2.05, 4.69) is 17.2 Å². The molecule has 0 aromatic carbocycles. The molecule has 2 heterocycles. The van der Waals surface area contributed by atoms with Gasteiger partial charge in [0.25, 0.3) is 0 Å². The maximum Gasteiger partial charge on any atom is 0.424 e. The topological polar surface area (TPSA) is 61.9 Å². The van der Waals surface area contributed by atoms with Crippen LogP contribution in [-0.4, -0.2) is 54.8 Å². The molecule has 0 aromatic heterocycles. The van der Waals surface area contributed by atoms with Crippen LogP contribution in [0.4, 0.5) is 4.79 Å². The third-order valence-corrected chi connectivity index (χ3v) is 4.96. The lowest BCUT2D eigenvalue weighted by atomic mass is 9.80. The van der Waals surface area contributed by atoms with E-state index >= 15 is 0 Å². The van der Waals surface area contributed by atoms with Crippen molar-refractivity contribution in [2.24, 2.45) is 11.8 Å². The largest absolute Gasteiger partial charge is 0.449 e. The van der Waals surface area contributed by atoms with E-state index in [1.165, 1.54) is 0 Å². The van der Waals surface area contributed by atoms with Gasteiger partial charge in [-0.25, -0.2) is 14.8 Å². The highest BCUT2D eigenvalue weighted by Crippen LogP contribution is 2.30. The molecule has 2 saturated heterocycles. The quantitative estimate of drug-likeness (QED) is 0.814. The Labute approximate surface area is 139 Å². The number of carbonyl (C=O) groups is 2. The van der Waals surface area contributed by atoms with Crippen LogP contribution in [0.25, 0.3) is 0 Å². The van der Waals surface area contributed by atoms with Crippen molar-refractivity contribution in [1.29, 1.82) is 0 Å². The SMILES string of the molecule is CCCCN(C(=O)OCC)N1CCC(C2CCCNC2=O)CC1. The molecule has 0 aliphatic carbocycles. The summed E-state index contributed by atoms with van der Waals surface area (Å²) in [5.41, 5.74) is 0. The Morgan fingerprint density at radius 2 is 2.04 bits per heavy atom. The van der Waals surface area contributed by atoms with Crippen LogP contribution in [0.1, 0.15) is 52.4 Å². The smallest absolute Gasteiger partial charge is 0.424 e. The maximum atomic E-state index is 12.2. The number of unbranched alkanes of at least 4 members (excludes halogenated alkanes) is 1. The van der Waals surface area contributed by atoms with Crippen molar-refractivity contribution >= 4 is 12.0 Å². The van der Waals surface area contributed by atoms with Crippen molar-refractivity contribution < 1.29 is 14.3 Å². The van der Waals surface area contributed by atoms with Gasteiger partial charge in [-0.1, -0.05) is 13.3 Å². The molecule has 1 atom stereocenters. The van der Waals surface area contributed by atoms with Crippen LogP contribution < -0.4 is 5.32 Å². The summed E-state index contributed by atoms with van der Waals surface area (Å²) in [7, 11) is 0. The van der Waals surface area contributed by atoms with E-state index in [4.69, 9.17) is 4.74 Å². The fourth-order valence-electron chi connectivity index (χ4n) is 3.63. The zero-order valence-corrected chi connectivity index (χ0v) is 14.6. The van der Waals surface area contributed by atoms with E-state index in [1.807, 2.05) is 6.92 Å². The molecular formula is C17H31N3O3. The molecule has 1 N–H and O–H groups in total. The Kier molecular flexibility index (Phi) is 7.15. The van der Waals surface area contributed by atoms with Crippen molar-refractivity contribution in [3.63, 3.8) is 0 Å². The second-order valence-electron chi connectivity index (χ2n) is 6.51. The van der Waals surface area contributed by atoms with E-state index in [0.29, 0.717) is 19.1 Å². The molecule has 6 heteroatoms. The highest BCUT2D eigenvalue weighted by Gasteiger charge is 2.35. The number of ether oxygens (including phenoxy) is 1. The zero-order chi connectivity index (χ0) is 16.7. The molecule has 2 rings (SSSR count). The van der Waals surface area contributed by atoms with Crippen LogP contribution in [-0.2, 0) is 9.53 Å². The number of hydrazine groups is 1. The number of hydrogen-bond donors (Lipinski definition) is 1. The van der Waals surface area contributed by atoms with Crippen molar-refractivity contribution in [3.05, 3.63) is 0 Å². The minimum Gasteiger partial charge on any atom is -0.449 e. The highest BCUT2D eigenvalue weighted by molar-refractivity contribution is 5.79. The first-order chi connectivity index (χ1) is 11.2. The summed E-state index contributed by atoms with van der Waals surface area (Å²) < 4.78 is 5.20. The van der Waals surface area contributed by atoms with Gasteiger partial charge in [0.05, 0.1) is 6.61 Å². The highest BCUT2D eigenvalue weighted by atomic mass is 16.6. The first kappa shape index (κ1) is 18.0. The van der Waals surface area contributed by atoms with Crippen LogP contribution >= 0.6 is 0 Å². The first-order valence-corrected chi connectivity index (χ1v) is 9.14. The van der Waals surface area contributed by atoms with E-state index in [1.54, 1.807) is 5.01 Å². The van der Waals surface area contributed by atoms with Crippen molar-refractivity contribution in [3.8, 4) is 0 Å². The third-order valence-electron chi connectivity index (χ3n) is 4.96. The Hall–Kier alpha value is -1.30. The fraction of sp³-hybridized carbons (Fsp3) is 0.882. The monoisotopic (exact) mass is 325 g/mol. The number of nitrogens with zero attached hydrogens (tertiary/aromatic N) is 2. The third kappa shape index (κ3) is 4.83. The lowest BCUT2D eigenvalue weighted by molar-refractivity contribution is -0.130. The average Bonchev–Trinajstić information content (AvgIpc) is 2.57. The number of amides is 2. The number of hydrogen-bond acceptors (Lipinski definition) is 4. The van der Waals surface area contributed by atoms with Gasteiger partial charge in [0, 0.05) is 32.1 Å². The summed E-state index contributed by atoms with van der Waals surface area (Å²) in [6.07, 6.45) is 5.82. The Morgan fingerprint density at radius 1 is 1.30 bits per heavy atom. The molecule has 2 aliphatic rings. The van der Waals surface area contributed by atoms with Gasteiger partial charge >= 0.3 is 6.09 Å². The number of piperidine rings is 2.